The van der Waals surface area contributed by atoms with Crippen LogP contribution in [0, 0.1) is 0 Å². The molecule has 0 aromatic heterocycles. The molecule has 0 bridgehead atoms. The van der Waals surface area contributed by atoms with Crippen LogP contribution in [0.15, 0.2) is 0 Å². The Kier molecular flexibility index (Phi) is 44.7. The summed E-state index contributed by atoms with van der Waals surface area (Å²) < 4.78 is 62.4. The highest BCUT2D eigenvalue weighted by atomic mass is 16.7. The van der Waals surface area contributed by atoms with Crippen LogP contribution in [0.5, 0.6) is 0 Å². The number of carbonyl (C=O) groups is 9. The number of carbonyl (C=O) groups excluding carboxylic acids is 9. The molecule has 9 amide bonds. The van der Waals surface area contributed by atoms with Crippen LogP contribution in [0.1, 0.15) is 138 Å². The number of hydrogen-bond acceptors (Lipinski definition) is 30. The Bertz CT molecular complexity index is 2640. The van der Waals surface area contributed by atoms with E-state index in [9.17, 15) is 94.2 Å². The smallest absolute Gasteiger partial charge is 0.242 e. The third kappa shape index (κ3) is 35.5. The first-order valence-electron chi connectivity index (χ1n) is 36.9. The summed E-state index contributed by atoms with van der Waals surface area (Å²) in [5.41, 5.74) is -0.404. The van der Waals surface area contributed by atoms with Gasteiger partial charge in [0, 0.05) is 79.1 Å². The molecule has 39 heteroatoms. The van der Waals surface area contributed by atoms with Gasteiger partial charge >= 0.3 is 0 Å². The number of nitrogens with one attached hydrogen (secondary N) is 9. The van der Waals surface area contributed by atoms with Crippen molar-refractivity contribution in [2.24, 2.45) is 0 Å². The molecular weight excluding hydrogens is 1420 g/mol. The van der Waals surface area contributed by atoms with Crippen LogP contribution in [0.2, 0.25) is 0 Å². The van der Waals surface area contributed by atoms with Crippen LogP contribution in [-0.2, 0) is 95.3 Å². The van der Waals surface area contributed by atoms with Gasteiger partial charge in [0.2, 0.25) is 53.2 Å². The first kappa shape index (κ1) is 93.8. The van der Waals surface area contributed by atoms with Gasteiger partial charge in [0.15, 0.2) is 18.9 Å². The summed E-state index contributed by atoms with van der Waals surface area (Å²) in [6.07, 6.45) is -11.6. The van der Waals surface area contributed by atoms with Gasteiger partial charge in [-0.3, -0.25) is 43.2 Å². The van der Waals surface area contributed by atoms with Crippen molar-refractivity contribution in [2.75, 3.05) is 112 Å². The highest BCUT2D eigenvalue weighted by Crippen LogP contribution is 2.28. The van der Waals surface area contributed by atoms with Gasteiger partial charge in [0.25, 0.3) is 0 Å². The van der Waals surface area contributed by atoms with Crippen LogP contribution >= 0.6 is 0 Å². The summed E-state index contributed by atoms with van der Waals surface area (Å²) in [5.74, 6) is -4.89. The third-order valence-corrected chi connectivity index (χ3v) is 17.6. The van der Waals surface area contributed by atoms with Crippen molar-refractivity contribution < 1.29 is 146 Å². The van der Waals surface area contributed by atoms with Crippen molar-refractivity contribution in [2.45, 2.75) is 266 Å². The second-order valence-corrected chi connectivity index (χ2v) is 27.6. The van der Waals surface area contributed by atoms with Gasteiger partial charge in [0.05, 0.1) is 104 Å². The van der Waals surface area contributed by atoms with Crippen molar-refractivity contribution in [1.82, 2.24) is 47.9 Å². The lowest BCUT2D eigenvalue weighted by molar-refractivity contribution is -0.272. The highest BCUT2D eigenvalue weighted by molar-refractivity contribution is 5.90. The fourth-order valence-corrected chi connectivity index (χ4v) is 12.1. The van der Waals surface area contributed by atoms with Gasteiger partial charge in [-0.05, 0) is 46.5 Å². The lowest BCUT2D eigenvalue weighted by Gasteiger charge is -2.42. The van der Waals surface area contributed by atoms with Crippen molar-refractivity contribution in [3.63, 3.8) is 0 Å². The van der Waals surface area contributed by atoms with Crippen LogP contribution < -0.4 is 47.9 Å². The molecule has 107 heavy (non-hydrogen) atoms. The second kappa shape index (κ2) is 51.0. The van der Waals surface area contributed by atoms with Gasteiger partial charge in [0.1, 0.15) is 91.2 Å². The molecule has 19 N–H and O–H groups in total. The minimum atomic E-state index is -1.54. The van der Waals surface area contributed by atoms with Crippen LogP contribution in [0.4, 0.5) is 0 Å². The predicted molar refractivity (Wildman–Crippen MR) is 372 cm³/mol. The minimum Gasteiger partial charge on any atom is -0.394 e. The van der Waals surface area contributed by atoms with E-state index in [1.807, 2.05) is 20.8 Å². The zero-order chi connectivity index (χ0) is 79.0. The Balaban J connectivity index is 1.32. The van der Waals surface area contributed by atoms with Gasteiger partial charge in [-0.2, -0.15) is 0 Å². The summed E-state index contributed by atoms with van der Waals surface area (Å²) >= 11 is 0. The second-order valence-electron chi connectivity index (χ2n) is 27.6. The molecular formula is C68H121N9O30. The summed E-state index contributed by atoms with van der Waals surface area (Å²) in [4.78, 5) is 116. The first-order chi connectivity index (χ1) is 51.0. The number of aliphatic hydroxyl groups is 10. The van der Waals surface area contributed by atoms with Gasteiger partial charge in [-0.25, -0.2) is 0 Å². The molecule has 0 aromatic rings. The maximum atomic E-state index is 13.8. The molecule has 618 valence electrons. The highest BCUT2D eigenvalue weighted by Gasteiger charge is 2.48. The Morgan fingerprint density at radius 2 is 0.738 bits per heavy atom. The fourth-order valence-electron chi connectivity index (χ4n) is 12.1. The molecule has 4 aliphatic rings. The molecule has 4 heterocycles. The van der Waals surface area contributed by atoms with Crippen LogP contribution in [0.3, 0.4) is 0 Å². The third-order valence-electron chi connectivity index (χ3n) is 17.6. The van der Waals surface area contributed by atoms with Gasteiger partial charge in [-0.1, -0.05) is 38.5 Å². The van der Waals surface area contributed by atoms with Crippen molar-refractivity contribution in [3.05, 3.63) is 0 Å². The Morgan fingerprint density at radius 3 is 1.10 bits per heavy atom. The largest absolute Gasteiger partial charge is 0.394 e. The SMILES string of the molecule is CC(=O)NC1C(OCCOCCNC(=O)CCC(NC(=O)CCC(NC(=O)CCCCCCCCCCC(=O)NC[C@@H]2C[C@@H](OC(C)(C)C)[C@H](CO)O2)C(=O)NCCOCCOC2OC(CO)C(O)C(O)C2NC(C)=O)C(=O)NCCOCCOC2OC(CO)C(O)C(O)C2NC(C)=O)OC(CO)C(O)C1O. The summed E-state index contributed by atoms with van der Waals surface area (Å²) in [6.45, 7) is 6.38. The molecule has 4 saturated heterocycles. The molecule has 4 fully saturated rings. The maximum Gasteiger partial charge on any atom is 0.242 e. The fraction of sp³-hybridized carbons (Fsp3) is 0.868. The van der Waals surface area contributed by atoms with Crippen molar-refractivity contribution in [3.8, 4) is 0 Å². The van der Waals surface area contributed by atoms with E-state index in [-0.39, 0.29) is 130 Å². The predicted octanol–water partition coefficient (Wildman–Crippen LogP) is -6.85. The quantitative estimate of drug-likeness (QED) is 0.0252. The molecule has 20 atom stereocenters. The molecule has 4 rings (SSSR count). The normalized spacial score (nSPS) is 27.8. The summed E-state index contributed by atoms with van der Waals surface area (Å²) in [5, 5.41) is 125. The molecule has 0 saturated carbocycles. The standard InChI is InChI=1S/C68H121N9O30/c1-39(82)73-54-60(92)57(89)47(36-79)104-65(54)100-30-27-97-24-21-69-51(86)19-17-43(63(95)70-22-25-98-28-31-101-66-55(74-40(2)83)61(93)58(90)48(37-80)105-66)77-53(88)20-18-44(64(96)71-23-26-99-29-32-102-67-56(75-41(3)84)62(94)59(91)49(38-81)106-67)76-52(87)16-14-12-10-8-7-9-11-13-15-50(85)72-34-42-33-45(46(35-78)103-42)107-68(4,5)6/h42-49,54-62,65-67,78-81,89-94H,7-38H2,1-6H3,(H,69,86)(H,70,95)(H,71,96)(H,72,85)(H,73,82)(H,74,83)(H,75,84)(H,76,87)(H,77,88)/t42-,43?,44?,45+,46-,47?,48?,49?,54?,55?,56?,57?,58?,59?,60?,61?,62?,65?,66?,67?/m0/s1. The molecule has 0 aromatic carbocycles. The monoisotopic (exact) mass is 1540 g/mol. The number of hydrogen-bond donors (Lipinski definition) is 19. The first-order valence-corrected chi connectivity index (χ1v) is 36.9. The molecule has 17 unspecified atom stereocenters. The van der Waals surface area contributed by atoms with E-state index in [1.54, 1.807) is 0 Å². The lowest BCUT2D eigenvalue weighted by Crippen LogP contribution is -2.64. The van der Waals surface area contributed by atoms with E-state index in [0.29, 0.717) is 38.6 Å². The number of amides is 9. The van der Waals surface area contributed by atoms with E-state index < -0.39 is 189 Å². The molecule has 0 radical (unpaired) electrons. The van der Waals surface area contributed by atoms with Crippen molar-refractivity contribution >= 4 is 53.2 Å². The topological polar surface area (TPSA) is 566 Å². The maximum absolute atomic E-state index is 13.8. The number of ether oxygens (including phenoxy) is 11. The molecule has 39 nitrogen and oxygen atoms in total. The van der Waals surface area contributed by atoms with E-state index in [4.69, 9.17) is 52.1 Å². The number of unbranched alkanes of at least 4 members (excludes halogenated alkanes) is 7. The zero-order valence-corrected chi connectivity index (χ0v) is 62.3. The van der Waals surface area contributed by atoms with Gasteiger partial charge < -0.3 is 151 Å². The zero-order valence-electron chi connectivity index (χ0n) is 62.3. The average molecular weight is 1540 g/mol. The molecule has 0 spiro atoms. The van der Waals surface area contributed by atoms with Crippen molar-refractivity contribution in [1.29, 1.82) is 0 Å². The molecule has 4 aliphatic heterocycles. The van der Waals surface area contributed by atoms with E-state index in [1.165, 1.54) is 20.8 Å². The van der Waals surface area contributed by atoms with Crippen LogP contribution in [0.25, 0.3) is 0 Å². The number of aliphatic hydroxyl groups excluding tert-OH is 10. The lowest BCUT2D eigenvalue weighted by atomic mass is 9.97. The Morgan fingerprint density at radius 1 is 0.402 bits per heavy atom. The van der Waals surface area contributed by atoms with Gasteiger partial charge in [-0.15, -0.1) is 0 Å². The average Bonchev–Trinajstić information content (AvgIpc) is 1.61. The van der Waals surface area contributed by atoms with E-state index >= 15 is 0 Å². The van der Waals surface area contributed by atoms with E-state index in [0.717, 1.165) is 32.1 Å². The Hall–Kier alpha value is -5.61. The number of rotatable bonds is 52. The minimum absolute atomic E-state index is 0.0226. The molecule has 0 aliphatic carbocycles. The Labute approximate surface area is 623 Å². The van der Waals surface area contributed by atoms with Crippen LogP contribution in [-0.4, -0.2) is 344 Å². The summed E-state index contributed by atoms with van der Waals surface area (Å²) in [7, 11) is 0. The van der Waals surface area contributed by atoms with E-state index in [2.05, 4.69) is 47.9 Å². The summed E-state index contributed by atoms with van der Waals surface area (Å²) in [6, 6.07) is -6.17.